The van der Waals surface area contributed by atoms with E-state index in [1.165, 1.54) is 31.2 Å². The first kappa shape index (κ1) is 14.3. The average Bonchev–Trinajstić information content (AvgIpc) is 2.42. The number of carbonyl (C=O) groups is 1. The highest BCUT2D eigenvalue weighted by Gasteiger charge is 2.27. The lowest BCUT2D eigenvalue weighted by atomic mass is 9.76. The van der Waals surface area contributed by atoms with Gasteiger partial charge in [0.15, 0.2) is 5.78 Å². The van der Waals surface area contributed by atoms with E-state index in [-0.39, 0.29) is 5.92 Å². The van der Waals surface area contributed by atoms with Crippen LogP contribution in [0.2, 0.25) is 0 Å². The van der Waals surface area contributed by atoms with Gasteiger partial charge >= 0.3 is 0 Å². The van der Waals surface area contributed by atoms with Gasteiger partial charge in [-0.25, -0.2) is 0 Å². The van der Waals surface area contributed by atoms with Gasteiger partial charge in [-0.2, -0.15) is 0 Å². The van der Waals surface area contributed by atoms with Gasteiger partial charge in [0.2, 0.25) is 0 Å². The quantitative estimate of drug-likeness (QED) is 0.687. The molecule has 19 heavy (non-hydrogen) atoms. The van der Waals surface area contributed by atoms with Crippen molar-refractivity contribution in [1.29, 1.82) is 0 Å². The highest BCUT2D eigenvalue weighted by molar-refractivity contribution is 5.99. The Hall–Kier alpha value is -1.11. The lowest BCUT2D eigenvalue weighted by molar-refractivity contribution is 0.0869. The molecule has 0 N–H and O–H groups in total. The molecule has 2 rings (SSSR count). The van der Waals surface area contributed by atoms with Crippen molar-refractivity contribution in [1.82, 2.24) is 0 Å². The van der Waals surface area contributed by atoms with E-state index in [0.29, 0.717) is 5.78 Å². The second kappa shape index (κ2) is 6.36. The van der Waals surface area contributed by atoms with Crippen LogP contribution >= 0.6 is 0 Å². The van der Waals surface area contributed by atoms with Crippen molar-refractivity contribution in [2.45, 2.75) is 59.3 Å². The summed E-state index contributed by atoms with van der Waals surface area (Å²) in [4.78, 5) is 12.6. The molecule has 1 nitrogen and oxygen atoms in total. The fourth-order valence-electron chi connectivity index (χ4n) is 3.34. The fraction of sp³-hybridized carbons (Fsp3) is 0.611. The molecule has 0 bridgehead atoms. The summed E-state index contributed by atoms with van der Waals surface area (Å²) in [7, 11) is 0. The Balaban J connectivity index is 2.03. The average molecular weight is 258 g/mol. The third-order valence-electron chi connectivity index (χ3n) is 4.57. The van der Waals surface area contributed by atoms with E-state index in [1.54, 1.807) is 0 Å². The third kappa shape index (κ3) is 3.46. The predicted octanol–water partition coefficient (Wildman–Crippen LogP) is 5.09. The Morgan fingerprint density at radius 2 is 1.84 bits per heavy atom. The van der Waals surface area contributed by atoms with Gasteiger partial charge in [-0.05, 0) is 57.1 Å². The summed E-state index contributed by atoms with van der Waals surface area (Å²) < 4.78 is 0. The van der Waals surface area contributed by atoms with E-state index in [2.05, 4.69) is 39.0 Å². The number of hydrogen-bond donors (Lipinski definition) is 0. The van der Waals surface area contributed by atoms with Gasteiger partial charge in [0.05, 0.1) is 0 Å². The van der Waals surface area contributed by atoms with Crippen molar-refractivity contribution in [3.05, 3.63) is 34.9 Å². The highest BCUT2D eigenvalue weighted by atomic mass is 16.1. The van der Waals surface area contributed by atoms with Crippen molar-refractivity contribution in [2.75, 3.05) is 0 Å². The SMILES string of the molecule is CCCC1CCC(C(=O)c2cc(C)ccc2C)CC1. The van der Waals surface area contributed by atoms with Crippen LogP contribution < -0.4 is 0 Å². The zero-order chi connectivity index (χ0) is 13.8. The Labute approximate surface area is 117 Å². The Morgan fingerprint density at radius 1 is 1.16 bits per heavy atom. The molecule has 0 atom stereocenters. The molecule has 1 aliphatic rings. The van der Waals surface area contributed by atoms with Gasteiger partial charge in [-0.3, -0.25) is 4.79 Å². The van der Waals surface area contributed by atoms with Gasteiger partial charge in [-0.15, -0.1) is 0 Å². The predicted molar refractivity (Wildman–Crippen MR) is 80.6 cm³/mol. The second-order valence-corrected chi connectivity index (χ2v) is 6.19. The van der Waals surface area contributed by atoms with Crippen molar-refractivity contribution in [2.24, 2.45) is 11.8 Å². The summed E-state index contributed by atoms with van der Waals surface area (Å²) in [6, 6.07) is 6.23. The summed E-state index contributed by atoms with van der Waals surface area (Å²) in [5.74, 6) is 1.53. The molecule has 0 unspecified atom stereocenters. The third-order valence-corrected chi connectivity index (χ3v) is 4.57. The first-order chi connectivity index (χ1) is 9.11. The van der Waals surface area contributed by atoms with Gasteiger partial charge in [0.25, 0.3) is 0 Å². The number of aryl methyl sites for hydroxylation is 2. The molecule has 1 aromatic rings. The summed E-state index contributed by atoms with van der Waals surface area (Å²) in [5.41, 5.74) is 3.28. The van der Waals surface area contributed by atoms with E-state index in [9.17, 15) is 4.79 Å². The Morgan fingerprint density at radius 3 is 2.47 bits per heavy atom. The minimum Gasteiger partial charge on any atom is -0.294 e. The van der Waals surface area contributed by atoms with Crippen LogP contribution in [0.4, 0.5) is 0 Å². The molecule has 1 fully saturated rings. The van der Waals surface area contributed by atoms with Crippen molar-refractivity contribution >= 4 is 5.78 Å². The van der Waals surface area contributed by atoms with E-state index in [4.69, 9.17) is 0 Å². The zero-order valence-corrected chi connectivity index (χ0v) is 12.5. The molecule has 1 aromatic carbocycles. The van der Waals surface area contributed by atoms with Crippen LogP contribution in [-0.2, 0) is 0 Å². The summed E-state index contributed by atoms with van der Waals surface area (Å²) in [6.07, 6.45) is 7.29. The maximum atomic E-state index is 12.6. The summed E-state index contributed by atoms with van der Waals surface area (Å²) in [6.45, 7) is 6.37. The van der Waals surface area contributed by atoms with Gasteiger partial charge < -0.3 is 0 Å². The molecular formula is C18H26O. The fourth-order valence-corrected chi connectivity index (χ4v) is 3.34. The topological polar surface area (TPSA) is 17.1 Å². The number of carbonyl (C=O) groups excluding carboxylic acids is 1. The van der Waals surface area contributed by atoms with Crippen LogP contribution in [0, 0.1) is 25.7 Å². The van der Waals surface area contributed by atoms with E-state index in [0.717, 1.165) is 29.9 Å². The first-order valence-corrected chi connectivity index (χ1v) is 7.73. The number of rotatable bonds is 4. The van der Waals surface area contributed by atoms with E-state index >= 15 is 0 Å². The first-order valence-electron chi connectivity index (χ1n) is 7.73. The molecule has 0 aliphatic heterocycles. The number of Topliss-reactive ketones (excluding diaryl/α,β-unsaturated/α-hetero) is 1. The van der Waals surface area contributed by atoms with E-state index in [1.807, 2.05) is 0 Å². The van der Waals surface area contributed by atoms with Crippen LogP contribution in [0.15, 0.2) is 18.2 Å². The normalized spacial score (nSPS) is 23.3. The Kier molecular flexibility index (Phi) is 4.79. The van der Waals surface area contributed by atoms with Crippen LogP contribution in [-0.4, -0.2) is 5.78 Å². The van der Waals surface area contributed by atoms with Crippen LogP contribution in [0.1, 0.15) is 66.9 Å². The molecule has 1 heteroatoms. The number of benzene rings is 1. The molecule has 1 saturated carbocycles. The van der Waals surface area contributed by atoms with Crippen molar-refractivity contribution in [3.63, 3.8) is 0 Å². The molecule has 1 aliphatic carbocycles. The number of hydrogen-bond acceptors (Lipinski definition) is 1. The molecule has 0 radical (unpaired) electrons. The monoisotopic (exact) mass is 258 g/mol. The second-order valence-electron chi connectivity index (χ2n) is 6.19. The molecule has 0 saturated heterocycles. The van der Waals surface area contributed by atoms with Crippen LogP contribution in [0.3, 0.4) is 0 Å². The summed E-state index contributed by atoms with van der Waals surface area (Å²) >= 11 is 0. The van der Waals surface area contributed by atoms with Crippen LogP contribution in [0.25, 0.3) is 0 Å². The zero-order valence-electron chi connectivity index (χ0n) is 12.5. The molecule has 0 amide bonds. The minimum atomic E-state index is 0.272. The van der Waals surface area contributed by atoms with E-state index < -0.39 is 0 Å². The van der Waals surface area contributed by atoms with Crippen LogP contribution in [0.5, 0.6) is 0 Å². The largest absolute Gasteiger partial charge is 0.294 e. The molecule has 104 valence electrons. The molecular weight excluding hydrogens is 232 g/mol. The van der Waals surface area contributed by atoms with Gasteiger partial charge in [0, 0.05) is 11.5 Å². The maximum absolute atomic E-state index is 12.6. The Bertz CT molecular complexity index is 439. The lowest BCUT2D eigenvalue weighted by Gasteiger charge is -2.27. The highest BCUT2D eigenvalue weighted by Crippen LogP contribution is 2.33. The molecule has 0 aromatic heterocycles. The standard InChI is InChI=1S/C18H26O/c1-4-5-15-8-10-16(11-9-15)18(19)17-12-13(2)6-7-14(17)3/h6-7,12,15-16H,4-5,8-11H2,1-3H3. The van der Waals surface area contributed by atoms with Crippen molar-refractivity contribution in [3.8, 4) is 0 Å². The van der Waals surface area contributed by atoms with Gasteiger partial charge in [-0.1, -0.05) is 37.5 Å². The number of ketones is 1. The molecule has 0 heterocycles. The maximum Gasteiger partial charge on any atom is 0.166 e. The summed E-state index contributed by atoms with van der Waals surface area (Å²) in [5, 5.41) is 0. The smallest absolute Gasteiger partial charge is 0.166 e. The minimum absolute atomic E-state index is 0.272. The molecule has 0 spiro atoms. The lowest BCUT2D eigenvalue weighted by Crippen LogP contribution is -2.22. The van der Waals surface area contributed by atoms with Crippen molar-refractivity contribution < 1.29 is 4.79 Å². The van der Waals surface area contributed by atoms with Gasteiger partial charge in [0.1, 0.15) is 0 Å².